The molecule has 0 fully saturated rings. The number of hydrogen-bond donors (Lipinski definition) is 1. The Kier molecular flexibility index (Phi) is 5.24. The minimum Gasteiger partial charge on any atom is -0.250 e. The van der Waals surface area contributed by atoms with Crippen molar-refractivity contribution in [2.24, 2.45) is 5.10 Å². The van der Waals surface area contributed by atoms with Crippen molar-refractivity contribution in [1.29, 1.82) is 0 Å². The molecule has 1 atom stereocenters. The standard InChI is InChI=1S/C15H20N4S/c1-3-4-10-14-17-18-15(20)19(14)16-11-12(2)13-8-6-5-7-9-13/h5-9,11-12H,3-4,10H2,1-2H3,(H,18,20)/b16-11-/t12-/m1/s1. The van der Waals surface area contributed by atoms with E-state index >= 15 is 0 Å². The van der Waals surface area contributed by atoms with Crippen molar-refractivity contribution >= 4 is 18.4 Å². The van der Waals surface area contributed by atoms with Crippen molar-refractivity contribution in [2.75, 3.05) is 0 Å². The molecule has 1 aromatic carbocycles. The van der Waals surface area contributed by atoms with Crippen LogP contribution in [0.3, 0.4) is 0 Å². The van der Waals surface area contributed by atoms with Crippen LogP contribution < -0.4 is 0 Å². The lowest BCUT2D eigenvalue weighted by Gasteiger charge is -2.05. The van der Waals surface area contributed by atoms with E-state index in [1.54, 1.807) is 4.68 Å². The molecule has 106 valence electrons. The largest absolute Gasteiger partial charge is 0.250 e. The zero-order valence-electron chi connectivity index (χ0n) is 11.9. The molecular formula is C15H20N4S. The van der Waals surface area contributed by atoms with Crippen LogP contribution >= 0.6 is 12.2 Å². The van der Waals surface area contributed by atoms with Crippen LogP contribution in [0.2, 0.25) is 0 Å². The molecule has 1 aromatic heterocycles. The maximum Gasteiger partial charge on any atom is 0.216 e. The van der Waals surface area contributed by atoms with Crippen LogP contribution in [-0.4, -0.2) is 21.1 Å². The van der Waals surface area contributed by atoms with Gasteiger partial charge in [-0.2, -0.15) is 14.9 Å². The third-order valence-electron chi connectivity index (χ3n) is 3.20. The van der Waals surface area contributed by atoms with Crippen LogP contribution in [0.25, 0.3) is 0 Å². The highest BCUT2D eigenvalue weighted by Crippen LogP contribution is 2.12. The lowest BCUT2D eigenvalue weighted by atomic mass is 10.0. The molecule has 2 rings (SSSR count). The first-order chi connectivity index (χ1) is 9.72. The third-order valence-corrected chi connectivity index (χ3v) is 3.47. The van der Waals surface area contributed by atoms with E-state index in [4.69, 9.17) is 12.2 Å². The van der Waals surface area contributed by atoms with Crippen molar-refractivity contribution in [1.82, 2.24) is 14.9 Å². The molecule has 0 saturated heterocycles. The van der Waals surface area contributed by atoms with E-state index in [0.29, 0.717) is 4.77 Å². The molecule has 1 heterocycles. The van der Waals surface area contributed by atoms with Gasteiger partial charge in [-0.15, -0.1) is 0 Å². The van der Waals surface area contributed by atoms with Gasteiger partial charge in [0.2, 0.25) is 4.77 Å². The molecule has 0 unspecified atom stereocenters. The summed E-state index contributed by atoms with van der Waals surface area (Å²) >= 11 is 5.22. The fraction of sp³-hybridized carbons (Fsp3) is 0.400. The fourth-order valence-corrected chi connectivity index (χ4v) is 2.15. The number of aryl methyl sites for hydroxylation is 1. The number of nitrogens with zero attached hydrogens (tertiary/aromatic N) is 3. The van der Waals surface area contributed by atoms with Gasteiger partial charge in [-0.3, -0.25) is 5.10 Å². The van der Waals surface area contributed by atoms with Crippen LogP contribution in [0.15, 0.2) is 35.4 Å². The topological polar surface area (TPSA) is 46.0 Å². The second-order valence-electron chi connectivity index (χ2n) is 4.82. The predicted molar refractivity (Wildman–Crippen MR) is 84.8 cm³/mol. The molecule has 0 radical (unpaired) electrons. The Balaban J connectivity index is 2.15. The van der Waals surface area contributed by atoms with Crippen LogP contribution in [0.4, 0.5) is 0 Å². The van der Waals surface area contributed by atoms with E-state index in [9.17, 15) is 0 Å². The van der Waals surface area contributed by atoms with Gasteiger partial charge < -0.3 is 0 Å². The van der Waals surface area contributed by atoms with Gasteiger partial charge in [-0.05, 0) is 24.2 Å². The number of unbranched alkanes of at least 4 members (excludes halogenated alkanes) is 1. The number of H-pyrrole nitrogens is 1. The van der Waals surface area contributed by atoms with Gasteiger partial charge in [-0.25, -0.2) is 0 Å². The predicted octanol–water partition coefficient (Wildman–Crippen LogP) is 3.92. The molecule has 5 heteroatoms. The highest BCUT2D eigenvalue weighted by molar-refractivity contribution is 7.71. The minimum atomic E-state index is 0.243. The summed E-state index contributed by atoms with van der Waals surface area (Å²) in [6, 6.07) is 10.3. The second-order valence-corrected chi connectivity index (χ2v) is 5.21. The molecule has 0 aliphatic carbocycles. The third kappa shape index (κ3) is 3.63. The van der Waals surface area contributed by atoms with Crippen molar-refractivity contribution in [3.8, 4) is 0 Å². The molecule has 2 aromatic rings. The number of benzene rings is 1. The number of aromatic nitrogens is 3. The maximum atomic E-state index is 5.22. The molecule has 4 nitrogen and oxygen atoms in total. The summed E-state index contributed by atoms with van der Waals surface area (Å²) in [5.74, 6) is 1.14. The Labute approximate surface area is 124 Å². The summed E-state index contributed by atoms with van der Waals surface area (Å²) in [4.78, 5) is 0. The molecular weight excluding hydrogens is 268 g/mol. The quantitative estimate of drug-likeness (QED) is 0.647. The highest BCUT2D eigenvalue weighted by atomic mass is 32.1. The van der Waals surface area contributed by atoms with Gasteiger partial charge in [-0.1, -0.05) is 50.6 Å². The zero-order chi connectivity index (χ0) is 14.4. The molecule has 0 aliphatic rings. The van der Waals surface area contributed by atoms with Gasteiger partial charge in [0.05, 0.1) is 0 Å². The van der Waals surface area contributed by atoms with E-state index in [0.717, 1.165) is 25.1 Å². The number of aromatic amines is 1. The lowest BCUT2D eigenvalue weighted by Crippen LogP contribution is -2.01. The Hall–Kier alpha value is -1.75. The Morgan fingerprint density at radius 3 is 2.85 bits per heavy atom. The van der Waals surface area contributed by atoms with Gasteiger partial charge in [0.1, 0.15) is 0 Å². The van der Waals surface area contributed by atoms with E-state index in [-0.39, 0.29) is 5.92 Å². The molecule has 0 aliphatic heterocycles. The van der Waals surface area contributed by atoms with Crippen molar-refractivity contribution in [2.45, 2.75) is 39.0 Å². The van der Waals surface area contributed by atoms with Crippen molar-refractivity contribution in [3.63, 3.8) is 0 Å². The van der Waals surface area contributed by atoms with Crippen LogP contribution in [0.5, 0.6) is 0 Å². The van der Waals surface area contributed by atoms with E-state index in [2.05, 4.69) is 41.3 Å². The van der Waals surface area contributed by atoms with Crippen LogP contribution in [0, 0.1) is 4.77 Å². The molecule has 0 saturated carbocycles. The first-order valence-corrected chi connectivity index (χ1v) is 7.39. The minimum absolute atomic E-state index is 0.243. The van der Waals surface area contributed by atoms with Gasteiger partial charge in [0, 0.05) is 18.6 Å². The second kappa shape index (κ2) is 7.14. The summed E-state index contributed by atoms with van der Waals surface area (Å²) in [6.45, 7) is 4.28. The molecule has 1 N–H and O–H groups in total. The van der Waals surface area contributed by atoms with E-state index in [1.165, 1.54) is 5.56 Å². The van der Waals surface area contributed by atoms with Gasteiger partial charge >= 0.3 is 0 Å². The zero-order valence-corrected chi connectivity index (χ0v) is 12.7. The van der Waals surface area contributed by atoms with Crippen molar-refractivity contribution < 1.29 is 0 Å². The lowest BCUT2D eigenvalue weighted by molar-refractivity contribution is 0.698. The van der Waals surface area contributed by atoms with Crippen LogP contribution in [-0.2, 0) is 6.42 Å². The number of nitrogens with one attached hydrogen (secondary N) is 1. The normalized spacial score (nSPS) is 12.9. The van der Waals surface area contributed by atoms with E-state index < -0.39 is 0 Å². The van der Waals surface area contributed by atoms with Gasteiger partial charge in [0.15, 0.2) is 5.82 Å². The highest BCUT2D eigenvalue weighted by Gasteiger charge is 2.05. The summed E-state index contributed by atoms with van der Waals surface area (Å²) in [5.41, 5.74) is 1.24. The summed E-state index contributed by atoms with van der Waals surface area (Å²) in [7, 11) is 0. The molecule has 0 bridgehead atoms. The maximum absolute atomic E-state index is 5.22. The SMILES string of the molecule is CCCCc1n[nH]c(=S)n1/N=C\[C@@H](C)c1ccccc1. The molecule has 20 heavy (non-hydrogen) atoms. The Morgan fingerprint density at radius 1 is 1.40 bits per heavy atom. The fourth-order valence-electron chi connectivity index (χ4n) is 1.95. The van der Waals surface area contributed by atoms with Gasteiger partial charge in [0.25, 0.3) is 0 Å². The number of hydrogen-bond acceptors (Lipinski definition) is 3. The van der Waals surface area contributed by atoms with Crippen molar-refractivity contribution in [3.05, 3.63) is 46.5 Å². The average molecular weight is 288 g/mol. The smallest absolute Gasteiger partial charge is 0.216 e. The molecule has 0 amide bonds. The van der Waals surface area contributed by atoms with E-state index in [1.807, 2.05) is 24.4 Å². The summed E-state index contributed by atoms with van der Waals surface area (Å²) in [5, 5.41) is 11.5. The summed E-state index contributed by atoms with van der Waals surface area (Å²) in [6.07, 6.45) is 5.02. The first-order valence-electron chi connectivity index (χ1n) is 6.98. The molecule has 0 spiro atoms. The Morgan fingerprint density at radius 2 is 2.15 bits per heavy atom. The Bertz CT molecular complexity index is 612. The first kappa shape index (κ1) is 14.7. The average Bonchev–Trinajstić information content (AvgIpc) is 2.84. The number of rotatable bonds is 6. The van der Waals surface area contributed by atoms with Crippen LogP contribution in [0.1, 0.15) is 44.0 Å². The monoisotopic (exact) mass is 288 g/mol. The summed E-state index contributed by atoms with van der Waals surface area (Å²) < 4.78 is 2.28.